The summed E-state index contributed by atoms with van der Waals surface area (Å²) in [5.41, 5.74) is 7.80. The molecule has 5 nitrogen and oxygen atoms in total. The van der Waals surface area contributed by atoms with Crippen molar-refractivity contribution in [1.82, 2.24) is 15.5 Å². The Bertz CT molecular complexity index is 484. The highest BCUT2D eigenvalue weighted by molar-refractivity contribution is 5.98. The average Bonchev–Trinajstić information content (AvgIpc) is 3.13. The van der Waals surface area contributed by atoms with Crippen LogP contribution in [0.3, 0.4) is 0 Å². The zero-order valence-corrected chi connectivity index (χ0v) is 11.5. The summed E-state index contributed by atoms with van der Waals surface area (Å²) >= 11 is 0. The van der Waals surface area contributed by atoms with E-state index >= 15 is 0 Å². The molecule has 0 saturated heterocycles. The minimum atomic E-state index is -0.134. The van der Waals surface area contributed by atoms with Crippen molar-refractivity contribution < 1.29 is 4.79 Å². The van der Waals surface area contributed by atoms with E-state index < -0.39 is 0 Å². The summed E-state index contributed by atoms with van der Waals surface area (Å²) in [6.07, 6.45) is 8.00. The van der Waals surface area contributed by atoms with Crippen molar-refractivity contribution in [1.29, 1.82) is 0 Å². The molecule has 3 rings (SSSR count). The van der Waals surface area contributed by atoms with Crippen LogP contribution in [0.2, 0.25) is 0 Å². The Balaban J connectivity index is 1.73. The van der Waals surface area contributed by atoms with Crippen molar-refractivity contribution in [2.75, 3.05) is 5.73 Å². The van der Waals surface area contributed by atoms with Crippen LogP contribution < -0.4 is 11.1 Å². The van der Waals surface area contributed by atoms with E-state index in [4.69, 9.17) is 5.73 Å². The third-order valence-corrected chi connectivity index (χ3v) is 4.41. The van der Waals surface area contributed by atoms with Gasteiger partial charge >= 0.3 is 0 Å². The molecule has 4 N–H and O–H groups in total. The maximum Gasteiger partial charge on any atom is 0.274 e. The number of H-pyrrole nitrogens is 1. The van der Waals surface area contributed by atoms with Gasteiger partial charge in [-0.25, -0.2) is 0 Å². The Morgan fingerprint density at radius 2 is 2.05 bits per heavy atom. The van der Waals surface area contributed by atoms with Crippen LogP contribution >= 0.6 is 0 Å². The summed E-state index contributed by atoms with van der Waals surface area (Å²) in [7, 11) is 0. The molecule has 0 unspecified atom stereocenters. The number of anilines is 1. The van der Waals surface area contributed by atoms with E-state index in [0.717, 1.165) is 31.4 Å². The Morgan fingerprint density at radius 1 is 1.37 bits per heavy atom. The monoisotopic (exact) mass is 262 g/mol. The number of carbonyl (C=O) groups is 1. The van der Waals surface area contributed by atoms with Crippen molar-refractivity contribution in [3.63, 3.8) is 0 Å². The maximum atomic E-state index is 12.3. The van der Waals surface area contributed by atoms with Crippen LogP contribution in [0.15, 0.2) is 0 Å². The number of nitrogens with one attached hydrogen (secondary N) is 2. The van der Waals surface area contributed by atoms with Gasteiger partial charge in [-0.1, -0.05) is 19.3 Å². The number of carbonyl (C=O) groups excluding carboxylic acids is 1. The van der Waals surface area contributed by atoms with Gasteiger partial charge in [0.25, 0.3) is 5.91 Å². The number of nitrogens with zero attached hydrogens (tertiary/aromatic N) is 1. The smallest absolute Gasteiger partial charge is 0.274 e. The predicted molar refractivity (Wildman–Crippen MR) is 73.9 cm³/mol. The second-order valence-corrected chi connectivity index (χ2v) is 6.25. The summed E-state index contributed by atoms with van der Waals surface area (Å²) in [6.45, 7) is 2.12. The molecule has 0 bridgehead atoms. The van der Waals surface area contributed by atoms with Gasteiger partial charge in [-0.3, -0.25) is 9.89 Å². The van der Waals surface area contributed by atoms with E-state index in [1.165, 1.54) is 19.3 Å². The van der Waals surface area contributed by atoms with E-state index in [-0.39, 0.29) is 11.4 Å². The van der Waals surface area contributed by atoms with Gasteiger partial charge in [0.1, 0.15) is 0 Å². The predicted octanol–water partition coefficient (Wildman–Crippen LogP) is 2.32. The Kier molecular flexibility index (Phi) is 2.99. The molecular weight excluding hydrogens is 240 g/mol. The van der Waals surface area contributed by atoms with Crippen LogP contribution in [-0.2, 0) is 0 Å². The lowest BCUT2D eigenvalue weighted by Crippen LogP contribution is -2.47. The number of rotatable bonds is 3. The van der Waals surface area contributed by atoms with E-state index in [1.54, 1.807) is 0 Å². The summed E-state index contributed by atoms with van der Waals surface area (Å²) < 4.78 is 0. The van der Waals surface area contributed by atoms with Crippen LogP contribution in [-0.4, -0.2) is 21.6 Å². The van der Waals surface area contributed by atoms with Gasteiger partial charge in [0.05, 0.1) is 11.4 Å². The molecule has 1 heterocycles. The Morgan fingerprint density at radius 3 is 2.68 bits per heavy atom. The molecule has 1 aromatic heterocycles. The minimum absolute atomic E-state index is 0.0968. The van der Waals surface area contributed by atoms with E-state index in [9.17, 15) is 4.79 Å². The van der Waals surface area contributed by atoms with Gasteiger partial charge in [0, 0.05) is 11.5 Å². The number of hydrogen-bond acceptors (Lipinski definition) is 3. The zero-order valence-electron chi connectivity index (χ0n) is 11.5. The minimum Gasteiger partial charge on any atom is -0.395 e. The average molecular weight is 262 g/mol. The molecule has 104 valence electrons. The number of aromatic amines is 1. The summed E-state index contributed by atoms with van der Waals surface area (Å²) in [5.74, 6) is 0.351. The van der Waals surface area contributed by atoms with Crippen molar-refractivity contribution >= 4 is 11.6 Å². The topological polar surface area (TPSA) is 83.8 Å². The van der Waals surface area contributed by atoms with Gasteiger partial charge in [-0.2, -0.15) is 5.10 Å². The number of amides is 1. The van der Waals surface area contributed by atoms with Crippen molar-refractivity contribution in [2.24, 2.45) is 0 Å². The first-order valence-corrected chi connectivity index (χ1v) is 7.25. The van der Waals surface area contributed by atoms with E-state index in [1.807, 2.05) is 0 Å². The molecule has 2 aliphatic carbocycles. The van der Waals surface area contributed by atoms with E-state index in [2.05, 4.69) is 22.4 Å². The first kappa shape index (κ1) is 12.5. The highest BCUT2D eigenvalue weighted by Crippen LogP contribution is 2.42. The number of nitrogen functional groups attached to an aromatic ring is 1. The van der Waals surface area contributed by atoms with Gasteiger partial charge < -0.3 is 11.1 Å². The number of hydrogen-bond donors (Lipinski definition) is 3. The van der Waals surface area contributed by atoms with Crippen LogP contribution in [0.1, 0.15) is 74.0 Å². The first-order valence-electron chi connectivity index (χ1n) is 7.25. The summed E-state index contributed by atoms with van der Waals surface area (Å²) in [5, 5.41) is 10.2. The fourth-order valence-corrected chi connectivity index (χ4v) is 3.01. The van der Waals surface area contributed by atoms with Crippen LogP contribution in [0.4, 0.5) is 5.69 Å². The van der Waals surface area contributed by atoms with Gasteiger partial charge in [-0.05, 0) is 32.6 Å². The zero-order chi connectivity index (χ0) is 13.5. The summed E-state index contributed by atoms with van der Waals surface area (Å²) in [4.78, 5) is 12.3. The third kappa shape index (κ3) is 2.46. The maximum absolute atomic E-state index is 12.3. The van der Waals surface area contributed by atoms with Crippen LogP contribution in [0.25, 0.3) is 0 Å². The molecule has 1 aromatic rings. The van der Waals surface area contributed by atoms with Gasteiger partial charge in [-0.15, -0.1) is 0 Å². The fourth-order valence-electron chi connectivity index (χ4n) is 3.01. The molecule has 0 atom stereocenters. The lowest BCUT2D eigenvalue weighted by atomic mass is 9.83. The second-order valence-electron chi connectivity index (χ2n) is 6.25. The molecule has 2 saturated carbocycles. The standard InChI is InChI=1S/C14H22N4O/c1-14(7-3-2-4-8-14)16-13(19)12-10(15)11(17-18-12)9-5-6-9/h9H,2-8,15H2,1H3,(H,16,19)(H,17,18). The second kappa shape index (κ2) is 4.54. The van der Waals surface area contributed by atoms with Crippen molar-refractivity contribution in [3.8, 4) is 0 Å². The SMILES string of the molecule is CC1(NC(=O)c2n[nH]c(C3CC3)c2N)CCCCC1. The number of nitrogens with two attached hydrogens (primary N) is 1. The Hall–Kier alpha value is -1.52. The molecule has 5 heteroatoms. The first-order chi connectivity index (χ1) is 9.09. The summed E-state index contributed by atoms with van der Waals surface area (Å²) in [6, 6.07) is 0. The van der Waals surface area contributed by atoms with Gasteiger partial charge in [0.15, 0.2) is 5.69 Å². The molecule has 0 radical (unpaired) electrons. The molecule has 0 aliphatic heterocycles. The van der Waals surface area contributed by atoms with Crippen molar-refractivity contribution in [2.45, 2.75) is 63.3 Å². The van der Waals surface area contributed by atoms with Crippen LogP contribution in [0, 0.1) is 0 Å². The lowest BCUT2D eigenvalue weighted by molar-refractivity contribution is 0.0878. The molecule has 0 spiro atoms. The normalized spacial score (nSPS) is 22.2. The number of aromatic nitrogens is 2. The highest BCUT2D eigenvalue weighted by Gasteiger charge is 2.33. The quantitative estimate of drug-likeness (QED) is 0.781. The van der Waals surface area contributed by atoms with E-state index in [0.29, 0.717) is 17.3 Å². The molecule has 1 amide bonds. The largest absolute Gasteiger partial charge is 0.395 e. The third-order valence-electron chi connectivity index (χ3n) is 4.41. The molecular formula is C14H22N4O. The molecule has 2 aliphatic rings. The van der Waals surface area contributed by atoms with Crippen molar-refractivity contribution in [3.05, 3.63) is 11.4 Å². The highest BCUT2D eigenvalue weighted by atomic mass is 16.2. The Labute approximate surface area is 113 Å². The molecule has 19 heavy (non-hydrogen) atoms. The fraction of sp³-hybridized carbons (Fsp3) is 0.714. The lowest BCUT2D eigenvalue weighted by Gasteiger charge is -2.34. The molecule has 2 fully saturated rings. The van der Waals surface area contributed by atoms with Gasteiger partial charge in [0.2, 0.25) is 0 Å². The van der Waals surface area contributed by atoms with Crippen LogP contribution in [0.5, 0.6) is 0 Å². The molecule has 0 aromatic carbocycles.